The maximum atomic E-state index is 10.7. The highest BCUT2D eigenvalue weighted by atomic mass is 16.6. The zero-order chi connectivity index (χ0) is 16.4. The molecule has 1 N–H and O–H groups in total. The van der Waals surface area contributed by atoms with Crippen molar-refractivity contribution in [2.24, 2.45) is 0 Å². The molecule has 7 nitrogen and oxygen atoms in total. The number of rotatable bonds is 6. The fourth-order valence-electron chi connectivity index (χ4n) is 2.46. The summed E-state index contributed by atoms with van der Waals surface area (Å²) in [5.41, 5.74) is 0.961. The Labute approximate surface area is 133 Å². The number of pyridine rings is 1. The minimum atomic E-state index is -0.455. The first-order chi connectivity index (χ1) is 11.1. The van der Waals surface area contributed by atoms with Crippen LogP contribution in [0.5, 0.6) is 11.5 Å². The van der Waals surface area contributed by atoms with Gasteiger partial charge in [0, 0.05) is 18.7 Å². The standard InChI is InChI=1S/C16H17N3O4/c1-23-15-8-11(2-6-14(15)20)10-18(12-3-4-12)16-7-5-13(9-17-16)19(21)22/h2,5-9,12,20H,3-4,10H2,1H3. The van der Waals surface area contributed by atoms with Crippen molar-refractivity contribution in [1.82, 2.24) is 4.98 Å². The molecule has 0 saturated heterocycles. The molecule has 1 aromatic heterocycles. The van der Waals surface area contributed by atoms with Crippen LogP contribution in [0.1, 0.15) is 18.4 Å². The molecule has 0 spiro atoms. The smallest absolute Gasteiger partial charge is 0.287 e. The highest BCUT2D eigenvalue weighted by Gasteiger charge is 2.30. The van der Waals surface area contributed by atoms with Crippen LogP contribution in [-0.4, -0.2) is 28.2 Å². The normalized spacial score (nSPS) is 13.6. The van der Waals surface area contributed by atoms with E-state index in [1.165, 1.54) is 19.4 Å². The van der Waals surface area contributed by atoms with Crippen LogP contribution >= 0.6 is 0 Å². The maximum Gasteiger partial charge on any atom is 0.287 e. The molecule has 1 aliphatic rings. The fourth-order valence-corrected chi connectivity index (χ4v) is 2.46. The van der Waals surface area contributed by atoms with Crippen molar-refractivity contribution in [3.05, 3.63) is 52.2 Å². The van der Waals surface area contributed by atoms with Crippen molar-refractivity contribution in [3.8, 4) is 11.5 Å². The van der Waals surface area contributed by atoms with Crippen LogP contribution in [0.3, 0.4) is 0 Å². The third-order valence-electron chi connectivity index (χ3n) is 3.82. The molecule has 1 aromatic carbocycles. The summed E-state index contributed by atoms with van der Waals surface area (Å²) >= 11 is 0. The molecule has 23 heavy (non-hydrogen) atoms. The SMILES string of the molecule is COc1cc(CN(c2ccc([N+](=O)[O-])cn2)C2CC2)ccc1O. The maximum absolute atomic E-state index is 10.7. The number of nitro groups is 1. The van der Waals surface area contributed by atoms with E-state index in [-0.39, 0.29) is 11.4 Å². The summed E-state index contributed by atoms with van der Waals surface area (Å²) in [4.78, 5) is 16.6. The Balaban J connectivity index is 1.83. The summed E-state index contributed by atoms with van der Waals surface area (Å²) in [7, 11) is 1.51. The van der Waals surface area contributed by atoms with Gasteiger partial charge in [0.15, 0.2) is 11.5 Å². The molecule has 1 aliphatic carbocycles. The lowest BCUT2D eigenvalue weighted by molar-refractivity contribution is -0.385. The van der Waals surface area contributed by atoms with Gasteiger partial charge in [0.2, 0.25) is 0 Å². The highest BCUT2D eigenvalue weighted by Crippen LogP contribution is 2.34. The molecule has 0 bridgehead atoms. The van der Waals surface area contributed by atoms with Crippen LogP contribution < -0.4 is 9.64 Å². The molecular formula is C16H17N3O4. The average Bonchev–Trinajstić information content (AvgIpc) is 3.39. The monoisotopic (exact) mass is 315 g/mol. The first-order valence-corrected chi connectivity index (χ1v) is 7.31. The largest absolute Gasteiger partial charge is 0.504 e. The lowest BCUT2D eigenvalue weighted by Crippen LogP contribution is -2.25. The van der Waals surface area contributed by atoms with E-state index in [4.69, 9.17) is 4.74 Å². The van der Waals surface area contributed by atoms with Crippen LogP contribution in [-0.2, 0) is 6.54 Å². The number of phenolic OH excluding ortho intramolecular Hbond substituents is 1. The van der Waals surface area contributed by atoms with Gasteiger partial charge in [-0.05, 0) is 36.6 Å². The lowest BCUT2D eigenvalue weighted by Gasteiger charge is -2.23. The molecule has 120 valence electrons. The van der Waals surface area contributed by atoms with E-state index in [1.807, 2.05) is 6.07 Å². The van der Waals surface area contributed by atoms with Crippen LogP contribution in [0.25, 0.3) is 0 Å². The Morgan fingerprint density at radius 2 is 2.17 bits per heavy atom. The number of phenols is 1. The molecular weight excluding hydrogens is 298 g/mol. The van der Waals surface area contributed by atoms with Crippen molar-refractivity contribution in [2.45, 2.75) is 25.4 Å². The van der Waals surface area contributed by atoms with Crippen LogP contribution in [0.4, 0.5) is 11.5 Å². The van der Waals surface area contributed by atoms with E-state index in [1.54, 1.807) is 18.2 Å². The zero-order valence-electron chi connectivity index (χ0n) is 12.7. The topological polar surface area (TPSA) is 88.7 Å². The molecule has 0 aliphatic heterocycles. The van der Waals surface area contributed by atoms with Crippen molar-refractivity contribution in [1.29, 1.82) is 0 Å². The van der Waals surface area contributed by atoms with Gasteiger partial charge >= 0.3 is 0 Å². The van der Waals surface area contributed by atoms with Crippen molar-refractivity contribution in [2.75, 3.05) is 12.0 Å². The number of aromatic nitrogens is 1. The first kappa shape index (κ1) is 15.1. The van der Waals surface area contributed by atoms with E-state index < -0.39 is 4.92 Å². The van der Waals surface area contributed by atoms with E-state index in [0.717, 1.165) is 18.4 Å². The van der Waals surface area contributed by atoms with E-state index in [9.17, 15) is 15.2 Å². The molecule has 0 radical (unpaired) electrons. The molecule has 7 heteroatoms. The summed E-state index contributed by atoms with van der Waals surface area (Å²) in [6.07, 6.45) is 3.43. The Kier molecular flexibility index (Phi) is 4.01. The van der Waals surface area contributed by atoms with E-state index in [2.05, 4.69) is 9.88 Å². The average molecular weight is 315 g/mol. The van der Waals surface area contributed by atoms with Gasteiger partial charge in [-0.25, -0.2) is 4.98 Å². The summed E-state index contributed by atoms with van der Waals surface area (Å²) in [5.74, 6) is 1.24. The number of nitrogens with zero attached hydrogens (tertiary/aromatic N) is 3. The number of anilines is 1. The van der Waals surface area contributed by atoms with Gasteiger partial charge in [-0.1, -0.05) is 6.07 Å². The zero-order valence-corrected chi connectivity index (χ0v) is 12.7. The predicted octanol–water partition coefficient (Wildman–Crippen LogP) is 2.87. The summed E-state index contributed by atoms with van der Waals surface area (Å²) in [6.45, 7) is 0.603. The Hall–Kier alpha value is -2.83. The second-order valence-electron chi connectivity index (χ2n) is 5.50. The Morgan fingerprint density at radius 3 is 2.74 bits per heavy atom. The van der Waals surface area contributed by atoms with Gasteiger partial charge in [0.05, 0.1) is 12.0 Å². The summed E-state index contributed by atoms with van der Waals surface area (Å²) < 4.78 is 5.13. The number of benzene rings is 1. The summed E-state index contributed by atoms with van der Waals surface area (Å²) in [6, 6.07) is 8.75. The van der Waals surface area contributed by atoms with Crippen LogP contribution in [0.2, 0.25) is 0 Å². The second-order valence-corrected chi connectivity index (χ2v) is 5.50. The summed E-state index contributed by atoms with van der Waals surface area (Å²) in [5, 5.41) is 20.4. The molecule has 2 aromatic rings. The quantitative estimate of drug-likeness (QED) is 0.651. The molecule has 1 saturated carbocycles. The molecule has 0 amide bonds. The van der Waals surface area contributed by atoms with E-state index >= 15 is 0 Å². The highest BCUT2D eigenvalue weighted by molar-refractivity contribution is 5.48. The third-order valence-corrected chi connectivity index (χ3v) is 3.82. The van der Waals surface area contributed by atoms with Gasteiger partial charge in [0.1, 0.15) is 12.0 Å². The van der Waals surface area contributed by atoms with Crippen molar-refractivity contribution >= 4 is 11.5 Å². The second kappa shape index (κ2) is 6.12. The van der Waals surface area contributed by atoms with Gasteiger partial charge in [-0.2, -0.15) is 0 Å². The molecule has 0 atom stereocenters. The first-order valence-electron chi connectivity index (χ1n) is 7.31. The van der Waals surface area contributed by atoms with Crippen molar-refractivity contribution < 1.29 is 14.8 Å². The number of hydrogen-bond acceptors (Lipinski definition) is 6. The minimum absolute atomic E-state index is 0.0178. The van der Waals surface area contributed by atoms with Gasteiger partial charge < -0.3 is 14.7 Å². The van der Waals surface area contributed by atoms with Crippen molar-refractivity contribution in [3.63, 3.8) is 0 Å². The van der Waals surface area contributed by atoms with Crippen LogP contribution in [0, 0.1) is 10.1 Å². The number of ether oxygens (including phenoxy) is 1. The molecule has 1 heterocycles. The lowest BCUT2D eigenvalue weighted by atomic mass is 10.2. The van der Waals surface area contributed by atoms with Crippen LogP contribution in [0.15, 0.2) is 36.5 Å². The predicted molar refractivity (Wildman–Crippen MR) is 84.8 cm³/mol. The minimum Gasteiger partial charge on any atom is -0.504 e. The van der Waals surface area contributed by atoms with Gasteiger partial charge in [-0.15, -0.1) is 0 Å². The van der Waals surface area contributed by atoms with Gasteiger partial charge in [-0.3, -0.25) is 10.1 Å². The molecule has 1 fully saturated rings. The number of aromatic hydroxyl groups is 1. The van der Waals surface area contributed by atoms with E-state index in [0.29, 0.717) is 24.2 Å². The third kappa shape index (κ3) is 3.33. The Morgan fingerprint density at radius 1 is 1.39 bits per heavy atom. The number of hydrogen-bond donors (Lipinski definition) is 1. The number of methoxy groups -OCH3 is 1. The Bertz CT molecular complexity index is 714. The van der Waals surface area contributed by atoms with Gasteiger partial charge in [0.25, 0.3) is 5.69 Å². The molecule has 3 rings (SSSR count). The molecule has 0 unspecified atom stereocenters. The fraction of sp³-hybridized carbons (Fsp3) is 0.312.